The molecule has 4 nitrogen and oxygen atoms in total. The van der Waals surface area contributed by atoms with Crippen molar-refractivity contribution in [2.75, 3.05) is 26.2 Å². The van der Waals surface area contributed by atoms with E-state index in [1.807, 2.05) is 18.2 Å². The Balaban J connectivity index is 1.77. The molecule has 0 bridgehead atoms. The highest BCUT2D eigenvalue weighted by molar-refractivity contribution is 5.14. The molecule has 1 aliphatic heterocycles. The molecule has 0 aliphatic carbocycles. The van der Waals surface area contributed by atoms with E-state index in [0.717, 1.165) is 19.4 Å². The molecule has 4 heteroatoms. The van der Waals surface area contributed by atoms with E-state index >= 15 is 0 Å². The molecule has 1 aromatic carbocycles. The van der Waals surface area contributed by atoms with Gasteiger partial charge in [-0.25, -0.2) is 0 Å². The van der Waals surface area contributed by atoms with Gasteiger partial charge in [0.2, 0.25) is 0 Å². The molecule has 3 atom stereocenters. The lowest BCUT2D eigenvalue weighted by Crippen LogP contribution is -2.53. The van der Waals surface area contributed by atoms with Gasteiger partial charge in [-0.15, -0.1) is 0 Å². The summed E-state index contributed by atoms with van der Waals surface area (Å²) in [6.07, 6.45) is 0.489. The summed E-state index contributed by atoms with van der Waals surface area (Å²) in [7, 11) is 0. The predicted molar refractivity (Wildman–Crippen MR) is 73.8 cm³/mol. The van der Waals surface area contributed by atoms with Crippen molar-refractivity contribution in [2.24, 2.45) is 5.92 Å². The number of aliphatic hydroxyl groups is 3. The lowest BCUT2D eigenvalue weighted by molar-refractivity contribution is -0.0860. The number of hydrogen-bond donors (Lipinski definition) is 3. The van der Waals surface area contributed by atoms with Gasteiger partial charge in [-0.2, -0.15) is 0 Å². The van der Waals surface area contributed by atoms with E-state index in [1.54, 1.807) is 0 Å². The maximum absolute atomic E-state index is 9.76. The van der Waals surface area contributed by atoms with Crippen LogP contribution in [0.4, 0.5) is 0 Å². The standard InChI is InChI=1S/C15H23NO3/c17-11-13-9-16(10-14(18)15(13)19)8-4-7-12-5-2-1-3-6-12/h1-3,5-6,13-15,17-19H,4,7-11H2. The minimum atomic E-state index is -0.796. The van der Waals surface area contributed by atoms with Crippen LogP contribution in [0.1, 0.15) is 12.0 Å². The van der Waals surface area contributed by atoms with Gasteiger partial charge in [-0.3, -0.25) is 0 Å². The number of aryl methyl sites for hydroxylation is 1. The first-order chi connectivity index (χ1) is 9.20. The second-order valence-corrected chi connectivity index (χ2v) is 5.35. The predicted octanol–water partition coefficient (Wildman–Crippen LogP) is 0.265. The first kappa shape index (κ1) is 14.5. The van der Waals surface area contributed by atoms with Crippen molar-refractivity contribution in [3.63, 3.8) is 0 Å². The molecule has 0 amide bonds. The first-order valence-corrected chi connectivity index (χ1v) is 6.94. The second-order valence-electron chi connectivity index (χ2n) is 5.35. The summed E-state index contributed by atoms with van der Waals surface area (Å²) in [5, 5.41) is 28.7. The zero-order valence-corrected chi connectivity index (χ0v) is 11.2. The van der Waals surface area contributed by atoms with Gasteiger partial charge in [0.15, 0.2) is 0 Å². The minimum absolute atomic E-state index is 0.0760. The fourth-order valence-corrected chi connectivity index (χ4v) is 2.70. The van der Waals surface area contributed by atoms with E-state index in [2.05, 4.69) is 17.0 Å². The van der Waals surface area contributed by atoms with Gasteiger partial charge in [-0.1, -0.05) is 30.3 Å². The summed E-state index contributed by atoms with van der Waals surface area (Å²) >= 11 is 0. The zero-order valence-electron chi connectivity index (χ0n) is 11.2. The number of aliphatic hydroxyl groups excluding tert-OH is 3. The summed E-state index contributed by atoms with van der Waals surface area (Å²) in [4.78, 5) is 2.13. The van der Waals surface area contributed by atoms with Crippen molar-refractivity contribution in [1.82, 2.24) is 4.90 Å². The summed E-state index contributed by atoms with van der Waals surface area (Å²) in [5.74, 6) is -0.236. The van der Waals surface area contributed by atoms with Crippen LogP contribution in [0.3, 0.4) is 0 Å². The number of rotatable bonds is 5. The van der Waals surface area contributed by atoms with E-state index in [9.17, 15) is 15.3 Å². The molecule has 1 fully saturated rings. The maximum atomic E-state index is 9.76. The third-order valence-electron chi connectivity index (χ3n) is 3.83. The molecule has 3 N–H and O–H groups in total. The number of nitrogens with zero attached hydrogens (tertiary/aromatic N) is 1. The van der Waals surface area contributed by atoms with E-state index in [-0.39, 0.29) is 12.5 Å². The van der Waals surface area contributed by atoms with Crippen LogP contribution in [0, 0.1) is 5.92 Å². The zero-order chi connectivity index (χ0) is 13.7. The van der Waals surface area contributed by atoms with Crippen LogP contribution in [0.2, 0.25) is 0 Å². The van der Waals surface area contributed by atoms with Crippen molar-refractivity contribution in [1.29, 1.82) is 0 Å². The molecule has 19 heavy (non-hydrogen) atoms. The fraction of sp³-hybridized carbons (Fsp3) is 0.600. The molecule has 2 rings (SSSR count). The average Bonchev–Trinajstić information content (AvgIpc) is 2.43. The van der Waals surface area contributed by atoms with E-state index < -0.39 is 12.2 Å². The van der Waals surface area contributed by atoms with Gasteiger partial charge >= 0.3 is 0 Å². The molecule has 1 saturated heterocycles. The molecular formula is C15H23NO3. The molecule has 1 aromatic rings. The van der Waals surface area contributed by atoms with Gasteiger partial charge in [-0.05, 0) is 24.9 Å². The summed E-state index contributed by atoms with van der Waals surface area (Å²) in [6, 6.07) is 10.3. The van der Waals surface area contributed by atoms with Crippen LogP contribution >= 0.6 is 0 Å². The Labute approximate surface area is 114 Å². The molecule has 106 valence electrons. The van der Waals surface area contributed by atoms with E-state index in [1.165, 1.54) is 5.56 Å². The Morgan fingerprint density at radius 2 is 1.84 bits per heavy atom. The highest BCUT2D eigenvalue weighted by Crippen LogP contribution is 2.18. The average molecular weight is 265 g/mol. The molecule has 1 heterocycles. The summed E-state index contributed by atoms with van der Waals surface area (Å²) < 4.78 is 0. The smallest absolute Gasteiger partial charge is 0.0929 e. The molecule has 0 saturated carbocycles. The highest BCUT2D eigenvalue weighted by Gasteiger charge is 2.33. The Morgan fingerprint density at radius 1 is 1.11 bits per heavy atom. The molecule has 0 spiro atoms. The minimum Gasteiger partial charge on any atom is -0.396 e. The van der Waals surface area contributed by atoms with Crippen LogP contribution in [0.25, 0.3) is 0 Å². The third kappa shape index (κ3) is 4.01. The summed E-state index contributed by atoms with van der Waals surface area (Å²) in [5.41, 5.74) is 1.32. The van der Waals surface area contributed by atoms with Crippen molar-refractivity contribution < 1.29 is 15.3 Å². The SMILES string of the molecule is OCC1CN(CCCc2ccccc2)CC(O)C1O. The van der Waals surface area contributed by atoms with E-state index in [0.29, 0.717) is 13.1 Å². The number of hydrogen-bond acceptors (Lipinski definition) is 4. The quantitative estimate of drug-likeness (QED) is 0.715. The van der Waals surface area contributed by atoms with Crippen molar-refractivity contribution in [3.05, 3.63) is 35.9 Å². The Morgan fingerprint density at radius 3 is 2.53 bits per heavy atom. The Kier molecular flexibility index (Phi) is 5.34. The first-order valence-electron chi connectivity index (χ1n) is 6.94. The van der Waals surface area contributed by atoms with Crippen LogP contribution in [0.5, 0.6) is 0 Å². The fourth-order valence-electron chi connectivity index (χ4n) is 2.70. The number of likely N-dealkylation sites (tertiary alicyclic amines) is 1. The largest absolute Gasteiger partial charge is 0.396 e. The number of β-amino-alcohol motifs (C(OH)–C–C–N with tert-alkyl or cyclic N) is 1. The second kappa shape index (κ2) is 7.01. The molecule has 3 unspecified atom stereocenters. The van der Waals surface area contributed by atoms with Crippen LogP contribution in [0.15, 0.2) is 30.3 Å². The normalized spacial score (nSPS) is 28.5. The van der Waals surface area contributed by atoms with Crippen molar-refractivity contribution >= 4 is 0 Å². The lowest BCUT2D eigenvalue weighted by atomic mass is 9.93. The molecule has 1 aliphatic rings. The van der Waals surface area contributed by atoms with Gasteiger partial charge in [0.25, 0.3) is 0 Å². The van der Waals surface area contributed by atoms with Crippen molar-refractivity contribution in [2.45, 2.75) is 25.0 Å². The molecule has 0 aromatic heterocycles. The lowest BCUT2D eigenvalue weighted by Gasteiger charge is -2.38. The number of piperidine rings is 1. The molecule has 0 radical (unpaired) electrons. The van der Waals surface area contributed by atoms with Crippen LogP contribution < -0.4 is 0 Å². The van der Waals surface area contributed by atoms with Crippen LogP contribution in [-0.4, -0.2) is 58.7 Å². The monoisotopic (exact) mass is 265 g/mol. The van der Waals surface area contributed by atoms with Gasteiger partial charge in [0.1, 0.15) is 0 Å². The van der Waals surface area contributed by atoms with Crippen molar-refractivity contribution in [3.8, 4) is 0 Å². The summed E-state index contributed by atoms with van der Waals surface area (Å²) in [6.45, 7) is 1.96. The van der Waals surface area contributed by atoms with Gasteiger partial charge in [0, 0.05) is 25.6 Å². The van der Waals surface area contributed by atoms with Crippen LogP contribution in [-0.2, 0) is 6.42 Å². The Bertz CT molecular complexity index is 371. The van der Waals surface area contributed by atoms with E-state index in [4.69, 9.17) is 0 Å². The Hall–Kier alpha value is -0.940. The number of benzene rings is 1. The highest BCUT2D eigenvalue weighted by atomic mass is 16.3. The topological polar surface area (TPSA) is 63.9 Å². The maximum Gasteiger partial charge on any atom is 0.0929 e. The van der Waals surface area contributed by atoms with Gasteiger partial charge in [0.05, 0.1) is 12.2 Å². The molecular weight excluding hydrogens is 242 g/mol. The third-order valence-corrected chi connectivity index (χ3v) is 3.83. The van der Waals surface area contributed by atoms with Gasteiger partial charge < -0.3 is 20.2 Å².